The predicted molar refractivity (Wildman–Crippen MR) is 118 cm³/mol. The van der Waals surface area contributed by atoms with Gasteiger partial charge in [-0.25, -0.2) is 5.01 Å². The lowest BCUT2D eigenvalue weighted by atomic mass is 9.98. The van der Waals surface area contributed by atoms with Crippen LogP contribution in [0.1, 0.15) is 29.2 Å². The van der Waals surface area contributed by atoms with E-state index < -0.39 is 0 Å². The Morgan fingerprint density at radius 1 is 1.17 bits per heavy atom. The molecule has 2 aromatic carbocycles. The van der Waals surface area contributed by atoms with E-state index in [-0.39, 0.29) is 17.7 Å². The highest BCUT2D eigenvalue weighted by Crippen LogP contribution is 2.34. The number of carbonyl (C=O) groups excluding carboxylic acids is 1. The van der Waals surface area contributed by atoms with Crippen LogP contribution in [0, 0.1) is 6.92 Å². The van der Waals surface area contributed by atoms with Gasteiger partial charge in [0.25, 0.3) is 5.91 Å². The topological polar surface area (TPSA) is 63.4 Å². The van der Waals surface area contributed by atoms with E-state index in [1.54, 1.807) is 15.9 Å². The smallest absolute Gasteiger partial charge is 0.253 e. The monoisotopic (exact) mass is 469 g/mol. The van der Waals surface area contributed by atoms with E-state index in [0.717, 1.165) is 21.3 Å². The van der Waals surface area contributed by atoms with Crippen molar-refractivity contribution in [3.8, 4) is 0 Å². The van der Waals surface area contributed by atoms with Gasteiger partial charge in [-0.15, -0.1) is 10.2 Å². The Labute approximate surface area is 182 Å². The molecule has 0 aliphatic carbocycles. The zero-order valence-electron chi connectivity index (χ0n) is 16.1. The maximum absolute atomic E-state index is 13.1. The molecule has 1 amide bonds. The minimum atomic E-state index is -0.109. The van der Waals surface area contributed by atoms with Crippen LogP contribution in [0.5, 0.6) is 0 Å². The Kier molecular flexibility index (Phi) is 5.82. The SMILES string of the molecule is Cc1ccc(C2CC(c3ccc(Br)cc3)=NN2C(=O)CSc2nncn2C)cc1. The normalized spacial score (nSPS) is 16.2. The maximum atomic E-state index is 13.1. The summed E-state index contributed by atoms with van der Waals surface area (Å²) >= 11 is 4.84. The number of halogens is 1. The molecule has 1 unspecified atom stereocenters. The van der Waals surface area contributed by atoms with E-state index in [9.17, 15) is 4.79 Å². The van der Waals surface area contributed by atoms with Crippen molar-refractivity contribution in [2.75, 3.05) is 5.75 Å². The standard InChI is InChI=1S/C21H20BrN5OS/c1-14-3-5-16(6-4-14)19-11-18(15-7-9-17(22)10-8-15)25-27(19)20(28)12-29-21-24-23-13-26(21)2/h3-10,13,19H,11-12H2,1-2H3. The highest BCUT2D eigenvalue weighted by atomic mass is 79.9. The quantitative estimate of drug-likeness (QED) is 0.520. The van der Waals surface area contributed by atoms with E-state index in [1.165, 1.54) is 17.3 Å². The first-order chi connectivity index (χ1) is 14.0. The lowest BCUT2D eigenvalue weighted by molar-refractivity contribution is -0.130. The number of amides is 1. The summed E-state index contributed by atoms with van der Waals surface area (Å²) in [5, 5.41) is 15.0. The first-order valence-corrected chi connectivity index (χ1v) is 11.0. The number of carbonyl (C=O) groups is 1. The van der Waals surface area contributed by atoms with Gasteiger partial charge in [-0.2, -0.15) is 5.10 Å². The fraction of sp³-hybridized carbons (Fsp3) is 0.238. The highest BCUT2D eigenvalue weighted by molar-refractivity contribution is 9.10. The molecule has 1 aromatic heterocycles. The molecule has 0 spiro atoms. The van der Waals surface area contributed by atoms with Crippen LogP contribution in [0.2, 0.25) is 0 Å². The molecule has 0 N–H and O–H groups in total. The van der Waals surface area contributed by atoms with Gasteiger partial charge in [0.2, 0.25) is 0 Å². The van der Waals surface area contributed by atoms with E-state index in [2.05, 4.69) is 57.3 Å². The summed E-state index contributed by atoms with van der Waals surface area (Å²) in [6.07, 6.45) is 2.31. The number of thioether (sulfide) groups is 1. The van der Waals surface area contributed by atoms with Gasteiger partial charge in [-0.05, 0) is 30.2 Å². The predicted octanol–water partition coefficient (Wildman–Crippen LogP) is 4.36. The van der Waals surface area contributed by atoms with Crippen LogP contribution in [0.15, 0.2) is 69.6 Å². The van der Waals surface area contributed by atoms with Crippen molar-refractivity contribution in [1.29, 1.82) is 0 Å². The second kappa shape index (κ2) is 8.51. The Bertz CT molecular complexity index is 1050. The zero-order chi connectivity index (χ0) is 20.4. The average molecular weight is 470 g/mol. The number of hydrogen-bond donors (Lipinski definition) is 0. The Hall–Kier alpha value is -2.45. The van der Waals surface area contributed by atoms with Gasteiger partial charge in [0.1, 0.15) is 6.33 Å². The molecule has 0 fully saturated rings. The second-order valence-corrected chi connectivity index (χ2v) is 8.79. The molecule has 1 aliphatic rings. The first-order valence-electron chi connectivity index (χ1n) is 9.20. The van der Waals surface area contributed by atoms with Crippen molar-refractivity contribution in [3.63, 3.8) is 0 Å². The number of hydrogen-bond acceptors (Lipinski definition) is 5. The average Bonchev–Trinajstić information content (AvgIpc) is 3.34. The van der Waals surface area contributed by atoms with Crippen LogP contribution >= 0.6 is 27.7 Å². The van der Waals surface area contributed by atoms with Gasteiger partial charge in [-0.1, -0.05) is 69.7 Å². The van der Waals surface area contributed by atoms with Crippen LogP contribution in [-0.4, -0.2) is 37.1 Å². The molecule has 0 bridgehead atoms. The molecule has 0 saturated carbocycles. The van der Waals surface area contributed by atoms with Crippen molar-refractivity contribution < 1.29 is 4.79 Å². The van der Waals surface area contributed by atoms with Crippen LogP contribution in [0.25, 0.3) is 0 Å². The third-order valence-electron chi connectivity index (χ3n) is 4.80. The number of aromatic nitrogens is 3. The molecule has 0 saturated heterocycles. The van der Waals surface area contributed by atoms with Crippen molar-refractivity contribution in [3.05, 3.63) is 76.0 Å². The minimum absolute atomic E-state index is 0.0457. The van der Waals surface area contributed by atoms with Gasteiger partial charge >= 0.3 is 0 Å². The molecular formula is C21H20BrN5OS. The molecule has 3 aromatic rings. The molecule has 1 aliphatic heterocycles. The third kappa shape index (κ3) is 4.43. The molecule has 1 atom stereocenters. The summed E-state index contributed by atoms with van der Waals surface area (Å²) in [5.74, 6) is 0.210. The summed E-state index contributed by atoms with van der Waals surface area (Å²) in [4.78, 5) is 13.1. The lowest BCUT2D eigenvalue weighted by Gasteiger charge is -2.22. The molecule has 4 rings (SSSR count). The van der Waals surface area contributed by atoms with Crippen LogP contribution in [0.4, 0.5) is 0 Å². The van der Waals surface area contributed by atoms with Crippen molar-refractivity contribution >= 4 is 39.3 Å². The number of nitrogens with zero attached hydrogens (tertiary/aromatic N) is 5. The third-order valence-corrected chi connectivity index (χ3v) is 6.35. The van der Waals surface area contributed by atoms with Crippen molar-refractivity contribution in [2.45, 2.75) is 24.5 Å². The first kappa shape index (κ1) is 19.8. The summed E-state index contributed by atoms with van der Waals surface area (Å²) in [6, 6.07) is 16.2. The second-order valence-electron chi connectivity index (χ2n) is 6.94. The van der Waals surface area contributed by atoms with Gasteiger partial charge in [-0.3, -0.25) is 4.79 Å². The summed E-state index contributed by atoms with van der Waals surface area (Å²) < 4.78 is 2.82. The van der Waals surface area contributed by atoms with Crippen LogP contribution < -0.4 is 0 Å². The highest BCUT2D eigenvalue weighted by Gasteiger charge is 2.33. The van der Waals surface area contributed by atoms with E-state index in [0.29, 0.717) is 11.6 Å². The molecule has 148 valence electrons. The molecule has 8 heteroatoms. The molecular weight excluding hydrogens is 450 g/mol. The molecule has 0 radical (unpaired) electrons. The molecule has 6 nitrogen and oxygen atoms in total. The lowest BCUT2D eigenvalue weighted by Crippen LogP contribution is -2.28. The van der Waals surface area contributed by atoms with Crippen molar-refractivity contribution in [1.82, 2.24) is 19.8 Å². The number of hydrazone groups is 1. The van der Waals surface area contributed by atoms with Gasteiger partial charge in [0, 0.05) is 17.9 Å². The zero-order valence-corrected chi connectivity index (χ0v) is 18.5. The Morgan fingerprint density at radius 2 is 1.90 bits per heavy atom. The van der Waals surface area contributed by atoms with Gasteiger partial charge in [0.05, 0.1) is 17.5 Å². The van der Waals surface area contributed by atoms with E-state index in [4.69, 9.17) is 5.10 Å². The summed E-state index contributed by atoms with van der Waals surface area (Å²) in [7, 11) is 1.86. The minimum Gasteiger partial charge on any atom is -0.312 e. The number of aryl methyl sites for hydroxylation is 2. The largest absolute Gasteiger partial charge is 0.312 e. The molecule has 29 heavy (non-hydrogen) atoms. The maximum Gasteiger partial charge on any atom is 0.253 e. The molecule has 2 heterocycles. The number of benzene rings is 2. The van der Waals surface area contributed by atoms with E-state index >= 15 is 0 Å². The van der Waals surface area contributed by atoms with Crippen LogP contribution in [-0.2, 0) is 11.8 Å². The van der Waals surface area contributed by atoms with Crippen molar-refractivity contribution in [2.24, 2.45) is 12.1 Å². The summed E-state index contributed by atoms with van der Waals surface area (Å²) in [5.41, 5.74) is 4.22. The Morgan fingerprint density at radius 3 is 2.55 bits per heavy atom. The van der Waals surface area contributed by atoms with E-state index in [1.807, 2.05) is 31.3 Å². The van der Waals surface area contributed by atoms with Crippen LogP contribution in [0.3, 0.4) is 0 Å². The fourth-order valence-corrected chi connectivity index (χ4v) is 4.21. The Balaban J connectivity index is 1.59. The number of rotatable bonds is 5. The fourth-order valence-electron chi connectivity index (χ4n) is 3.20. The van der Waals surface area contributed by atoms with Gasteiger partial charge < -0.3 is 4.57 Å². The van der Waals surface area contributed by atoms with Gasteiger partial charge in [0.15, 0.2) is 5.16 Å². The summed E-state index contributed by atoms with van der Waals surface area (Å²) in [6.45, 7) is 2.06.